The maximum absolute atomic E-state index is 12.4. The van der Waals surface area contributed by atoms with E-state index in [0.717, 1.165) is 22.4 Å². The summed E-state index contributed by atoms with van der Waals surface area (Å²) in [5, 5.41) is 10.7. The summed E-state index contributed by atoms with van der Waals surface area (Å²) in [7, 11) is 0. The molecule has 4 heterocycles. The second kappa shape index (κ2) is 7.75. The minimum Gasteiger partial charge on any atom is -0.366 e. The van der Waals surface area contributed by atoms with Crippen LogP contribution in [0.3, 0.4) is 0 Å². The fourth-order valence-corrected chi connectivity index (χ4v) is 3.42. The van der Waals surface area contributed by atoms with Crippen molar-refractivity contribution in [1.29, 1.82) is 0 Å². The van der Waals surface area contributed by atoms with Crippen LogP contribution in [0.25, 0.3) is 17.1 Å². The van der Waals surface area contributed by atoms with Crippen molar-refractivity contribution in [3.63, 3.8) is 0 Å². The number of fused-ring (bicyclic) bond motifs is 1. The summed E-state index contributed by atoms with van der Waals surface area (Å²) < 4.78 is 1.83. The molecule has 148 valence electrons. The van der Waals surface area contributed by atoms with Gasteiger partial charge in [0.25, 0.3) is 5.91 Å². The summed E-state index contributed by atoms with van der Waals surface area (Å²) in [4.78, 5) is 25.7. The summed E-state index contributed by atoms with van der Waals surface area (Å²) >= 11 is 0. The van der Waals surface area contributed by atoms with Crippen LogP contribution in [0.15, 0.2) is 67.3 Å². The third-order valence-electron chi connectivity index (χ3n) is 4.92. The molecule has 0 unspecified atom stereocenters. The second-order valence-corrected chi connectivity index (χ2v) is 6.95. The molecule has 0 saturated carbocycles. The first-order chi connectivity index (χ1) is 14.8. The standard InChI is InChI=1S/C22H19N7O/c30-22-19-18(8-10-24-22)21(28-20(27-19)16-5-4-9-23-13-16)25-11-15-12-26-29(14-15)17-6-2-1-3-7-17/h1-7,9,12-14H,8,10-11H2,(H,24,30)(H,25,27,28). The van der Waals surface area contributed by atoms with Crippen LogP contribution in [0.4, 0.5) is 5.82 Å². The Morgan fingerprint density at radius 2 is 1.97 bits per heavy atom. The number of benzene rings is 1. The highest BCUT2D eigenvalue weighted by Crippen LogP contribution is 2.25. The van der Waals surface area contributed by atoms with Crippen LogP contribution in [0.5, 0.6) is 0 Å². The lowest BCUT2D eigenvalue weighted by atomic mass is 10.1. The molecule has 1 aliphatic rings. The molecule has 8 heteroatoms. The predicted octanol–water partition coefficient (Wildman–Crippen LogP) is 2.62. The fourth-order valence-electron chi connectivity index (χ4n) is 3.42. The van der Waals surface area contributed by atoms with Gasteiger partial charge in [0, 0.05) is 48.4 Å². The monoisotopic (exact) mass is 397 g/mol. The molecule has 3 aromatic heterocycles. The highest BCUT2D eigenvalue weighted by molar-refractivity contribution is 5.96. The lowest BCUT2D eigenvalue weighted by Crippen LogP contribution is -2.34. The van der Waals surface area contributed by atoms with Crippen molar-refractivity contribution in [1.82, 2.24) is 30.0 Å². The molecular weight excluding hydrogens is 378 g/mol. The quantitative estimate of drug-likeness (QED) is 0.537. The van der Waals surface area contributed by atoms with Crippen LogP contribution < -0.4 is 10.6 Å². The zero-order valence-corrected chi connectivity index (χ0v) is 16.1. The predicted molar refractivity (Wildman–Crippen MR) is 112 cm³/mol. The molecular formula is C22H19N7O. The van der Waals surface area contributed by atoms with Gasteiger partial charge >= 0.3 is 0 Å². The summed E-state index contributed by atoms with van der Waals surface area (Å²) in [6, 6.07) is 13.6. The van der Waals surface area contributed by atoms with Crippen molar-refractivity contribution in [2.45, 2.75) is 13.0 Å². The Labute approximate surface area is 173 Å². The van der Waals surface area contributed by atoms with E-state index in [1.807, 2.05) is 59.5 Å². The van der Waals surface area contributed by atoms with Crippen molar-refractivity contribution < 1.29 is 4.79 Å². The number of anilines is 1. The molecule has 1 amide bonds. The first kappa shape index (κ1) is 18.0. The van der Waals surface area contributed by atoms with Crippen molar-refractivity contribution >= 4 is 11.7 Å². The van der Waals surface area contributed by atoms with Crippen LogP contribution in [0, 0.1) is 0 Å². The van der Waals surface area contributed by atoms with Crippen molar-refractivity contribution in [3.05, 3.63) is 84.1 Å². The van der Waals surface area contributed by atoms with Crippen molar-refractivity contribution in [2.24, 2.45) is 0 Å². The van der Waals surface area contributed by atoms with Crippen molar-refractivity contribution in [3.8, 4) is 17.1 Å². The van der Waals surface area contributed by atoms with Crippen LogP contribution in [-0.4, -0.2) is 37.2 Å². The maximum Gasteiger partial charge on any atom is 0.270 e. The molecule has 0 bridgehead atoms. The third kappa shape index (κ3) is 3.50. The van der Waals surface area contributed by atoms with E-state index in [4.69, 9.17) is 4.98 Å². The van der Waals surface area contributed by atoms with Crippen LogP contribution in [0.2, 0.25) is 0 Å². The van der Waals surface area contributed by atoms with Crippen LogP contribution >= 0.6 is 0 Å². The normalized spacial score (nSPS) is 12.9. The minimum atomic E-state index is -0.177. The highest BCUT2D eigenvalue weighted by Gasteiger charge is 2.24. The smallest absolute Gasteiger partial charge is 0.270 e. The van der Waals surface area contributed by atoms with Gasteiger partial charge in [-0.25, -0.2) is 14.6 Å². The van der Waals surface area contributed by atoms with Gasteiger partial charge in [0.15, 0.2) is 5.82 Å². The molecule has 0 atom stereocenters. The lowest BCUT2D eigenvalue weighted by Gasteiger charge is -2.20. The lowest BCUT2D eigenvalue weighted by molar-refractivity contribution is 0.0940. The van der Waals surface area contributed by atoms with Gasteiger partial charge in [-0.2, -0.15) is 5.10 Å². The van der Waals surface area contributed by atoms with Crippen molar-refractivity contribution in [2.75, 3.05) is 11.9 Å². The average molecular weight is 397 g/mol. The number of para-hydroxylation sites is 1. The van der Waals surface area contributed by atoms with E-state index in [2.05, 4.69) is 25.7 Å². The molecule has 1 aromatic carbocycles. The Morgan fingerprint density at radius 1 is 1.07 bits per heavy atom. The van der Waals surface area contributed by atoms with E-state index in [1.54, 1.807) is 12.4 Å². The molecule has 30 heavy (non-hydrogen) atoms. The number of aromatic nitrogens is 5. The first-order valence-electron chi connectivity index (χ1n) is 9.70. The first-order valence-corrected chi connectivity index (χ1v) is 9.70. The van der Waals surface area contributed by atoms with Gasteiger partial charge in [0.1, 0.15) is 11.5 Å². The Hall–Kier alpha value is -4.07. The van der Waals surface area contributed by atoms with Gasteiger partial charge in [0.2, 0.25) is 0 Å². The zero-order chi connectivity index (χ0) is 20.3. The molecule has 0 saturated heterocycles. The minimum absolute atomic E-state index is 0.177. The summed E-state index contributed by atoms with van der Waals surface area (Å²) in [6.07, 6.45) is 7.86. The van der Waals surface area contributed by atoms with Crippen LogP contribution in [0.1, 0.15) is 21.6 Å². The Balaban J connectivity index is 1.45. The maximum atomic E-state index is 12.4. The van der Waals surface area contributed by atoms with Crippen LogP contribution in [-0.2, 0) is 13.0 Å². The van der Waals surface area contributed by atoms with E-state index in [0.29, 0.717) is 36.8 Å². The molecule has 0 fully saturated rings. The second-order valence-electron chi connectivity index (χ2n) is 6.95. The van der Waals surface area contributed by atoms with Gasteiger partial charge in [-0.15, -0.1) is 0 Å². The van der Waals surface area contributed by atoms with E-state index < -0.39 is 0 Å². The van der Waals surface area contributed by atoms with Gasteiger partial charge < -0.3 is 10.6 Å². The van der Waals surface area contributed by atoms with Gasteiger partial charge in [-0.05, 0) is 30.7 Å². The number of carbonyl (C=O) groups is 1. The number of nitrogens with one attached hydrogen (secondary N) is 2. The number of rotatable bonds is 5. The van der Waals surface area contributed by atoms with Gasteiger partial charge in [-0.3, -0.25) is 9.78 Å². The molecule has 0 aliphatic carbocycles. The molecule has 5 rings (SSSR count). The molecule has 0 spiro atoms. The number of nitrogens with zero attached hydrogens (tertiary/aromatic N) is 5. The van der Waals surface area contributed by atoms with E-state index in [1.165, 1.54) is 0 Å². The van der Waals surface area contributed by atoms with Gasteiger partial charge in [0.05, 0.1) is 11.9 Å². The molecule has 4 aromatic rings. The average Bonchev–Trinajstić information content (AvgIpc) is 3.28. The zero-order valence-electron chi connectivity index (χ0n) is 16.1. The van der Waals surface area contributed by atoms with E-state index in [9.17, 15) is 4.79 Å². The summed E-state index contributed by atoms with van der Waals surface area (Å²) in [5.74, 6) is 0.964. The number of pyridine rings is 1. The number of amides is 1. The largest absolute Gasteiger partial charge is 0.366 e. The molecule has 0 radical (unpaired) electrons. The Morgan fingerprint density at radius 3 is 2.80 bits per heavy atom. The van der Waals surface area contributed by atoms with E-state index >= 15 is 0 Å². The number of carbonyl (C=O) groups excluding carboxylic acids is 1. The Kier molecular flexibility index (Phi) is 4.65. The SMILES string of the molecule is O=C1NCCc2c(NCc3cnn(-c4ccccc4)c3)nc(-c3cccnc3)nc21. The third-order valence-corrected chi connectivity index (χ3v) is 4.92. The topological polar surface area (TPSA) is 97.6 Å². The van der Waals surface area contributed by atoms with Gasteiger partial charge in [-0.1, -0.05) is 18.2 Å². The highest BCUT2D eigenvalue weighted by atomic mass is 16.1. The number of hydrogen-bond donors (Lipinski definition) is 2. The molecule has 1 aliphatic heterocycles. The summed E-state index contributed by atoms with van der Waals surface area (Å²) in [5.41, 5.74) is 4.02. The fraction of sp³-hybridized carbons (Fsp3) is 0.136. The number of hydrogen-bond acceptors (Lipinski definition) is 6. The van der Waals surface area contributed by atoms with E-state index in [-0.39, 0.29) is 5.91 Å². The Bertz CT molecular complexity index is 1190. The molecule has 8 nitrogen and oxygen atoms in total. The summed E-state index contributed by atoms with van der Waals surface area (Å²) in [6.45, 7) is 1.10. The molecule has 2 N–H and O–H groups in total.